The maximum atomic E-state index is 13.5. The molecular weight excluding hydrogens is 528 g/mol. The Morgan fingerprint density at radius 2 is 1.74 bits per heavy atom. The molecule has 0 aromatic heterocycles. The first-order valence-corrected chi connectivity index (χ1v) is 14.7. The smallest absolute Gasteiger partial charge is 0.319 e. The summed E-state index contributed by atoms with van der Waals surface area (Å²) >= 11 is 0. The van der Waals surface area contributed by atoms with Gasteiger partial charge in [-0.2, -0.15) is 0 Å². The van der Waals surface area contributed by atoms with E-state index < -0.39 is 0 Å². The molecule has 0 saturated carbocycles. The van der Waals surface area contributed by atoms with Crippen LogP contribution in [-0.4, -0.2) is 71.8 Å². The zero-order valence-corrected chi connectivity index (χ0v) is 25.3. The van der Waals surface area contributed by atoms with Crippen LogP contribution < -0.4 is 15.4 Å². The number of likely N-dealkylation sites (N-methyl/N-ethyl adjacent to an activating group) is 1. The van der Waals surface area contributed by atoms with Crippen molar-refractivity contribution in [1.29, 1.82) is 0 Å². The van der Waals surface area contributed by atoms with Crippen molar-refractivity contribution in [3.63, 3.8) is 0 Å². The lowest BCUT2D eigenvalue weighted by Gasteiger charge is -2.34. The summed E-state index contributed by atoms with van der Waals surface area (Å²) in [4.78, 5) is 29.8. The highest BCUT2D eigenvalue weighted by molar-refractivity contribution is 5.90. The lowest BCUT2D eigenvalue weighted by molar-refractivity contribution is -0.134. The van der Waals surface area contributed by atoms with Crippen LogP contribution >= 0.6 is 0 Å². The van der Waals surface area contributed by atoms with Crippen molar-refractivity contribution in [2.24, 2.45) is 5.92 Å². The van der Waals surface area contributed by atoms with Crippen LogP contribution in [0.15, 0.2) is 72.8 Å². The molecular formula is C34H44N4O4. The largest absolute Gasteiger partial charge is 0.488 e. The molecule has 8 nitrogen and oxygen atoms in total. The summed E-state index contributed by atoms with van der Waals surface area (Å²) in [6.45, 7) is 9.49. The number of urea groups is 1. The molecule has 1 aliphatic rings. The average molecular weight is 573 g/mol. The molecule has 0 fully saturated rings. The van der Waals surface area contributed by atoms with E-state index in [4.69, 9.17) is 4.74 Å². The Labute approximate surface area is 249 Å². The summed E-state index contributed by atoms with van der Waals surface area (Å²) in [7, 11) is 2.08. The van der Waals surface area contributed by atoms with Gasteiger partial charge in [0.2, 0.25) is 5.91 Å². The zero-order chi connectivity index (χ0) is 30.2. The van der Waals surface area contributed by atoms with E-state index in [1.54, 1.807) is 17.0 Å². The normalized spacial score (nSPS) is 18.0. The number of nitrogens with one attached hydrogen (secondary N) is 2. The van der Waals surface area contributed by atoms with E-state index in [0.717, 1.165) is 6.54 Å². The van der Waals surface area contributed by atoms with E-state index in [1.165, 1.54) is 16.7 Å². The quantitative estimate of drug-likeness (QED) is 0.329. The van der Waals surface area contributed by atoms with Crippen LogP contribution in [0, 0.1) is 5.92 Å². The Morgan fingerprint density at radius 3 is 2.40 bits per heavy atom. The number of nitrogens with zero attached hydrogens (tertiary/aromatic N) is 2. The Morgan fingerprint density at radius 1 is 1.05 bits per heavy atom. The molecule has 8 heteroatoms. The van der Waals surface area contributed by atoms with E-state index in [1.807, 2.05) is 45.0 Å². The third-order valence-electron chi connectivity index (χ3n) is 7.60. The molecule has 3 aromatic carbocycles. The first kappa shape index (κ1) is 31.1. The second kappa shape index (κ2) is 14.3. The van der Waals surface area contributed by atoms with Gasteiger partial charge in [-0.1, -0.05) is 61.5 Å². The molecule has 0 bridgehead atoms. The summed E-state index contributed by atoms with van der Waals surface area (Å²) in [5.74, 6) is 0.560. The monoisotopic (exact) mass is 572 g/mol. The molecule has 0 spiro atoms. The van der Waals surface area contributed by atoms with Crippen LogP contribution in [0.5, 0.6) is 5.75 Å². The first-order valence-electron chi connectivity index (χ1n) is 14.7. The van der Waals surface area contributed by atoms with Crippen molar-refractivity contribution >= 4 is 17.6 Å². The van der Waals surface area contributed by atoms with Gasteiger partial charge in [0.1, 0.15) is 11.9 Å². The zero-order valence-electron chi connectivity index (χ0n) is 25.3. The van der Waals surface area contributed by atoms with Crippen LogP contribution in [0.4, 0.5) is 10.5 Å². The summed E-state index contributed by atoms with van der Waals surface area (Å²) in [5, 5.41) is 15.6. The van der Waals surface area contributed by atoms with Gasteiger partial charge in [0.15, 0.2) is 0 Å². The predicted octanol–water partition coefficient (Wildman–Crippen LogP) is 5.16. The number of benzene rings is 3. The summed E-state index contributed by atoms with van der Waals surface area (Å²) in [6, 6.07) is 23.8. The minimum atomic E-state index is -0.318. The molecule has 3 atom stereocenters. The standard InChI is InChI=1S/C34H44N4O4/c1-23(2)35-34(41)36-30-15-16-31-29(17-30)18-33(40)38(25(4)22-39)19-24(3)32(42-31)21-37(5)20-26-11-13-28(14-12-26)27-9-7-6-8-10-27/h6-17,23-25,32,39H,18-22H2,1-5H3,(H2,35,36,41)/t24-,25+,32-/m1/s1. The molecule has 3 aromatic rings. The maximum Gasteiger partial charge on any atom is 0.319 e. The highest BCUT2D eigenvalue weighted by Crippen LogP contribution is 2.29. The van der Waals surface area contributed by atoms with Crippen molar-refractivity contribution in [2.75, 3.05) is 32.1 Å². The third kappa shape index (κ3) is 8.33. The molecule has 3 amide bonds. The van der Waals surface area contributed by atoms with Crippen molar-refractivity contribution in [1.82, 2.24) is 15.1 Å². The summed E-state index contributed by atoms with van der Waals surface area (Å²) in [5.41, 5.74) is 4.87. The Hall–Kier alpha value is -3.88. The fraction of sp³-hybridized carbons (Fsp3) is 0.412. The predicted molar refractivity (Wildman–Crippen MR) is 167 cm³/mol. The van der Waals surface area contributed by atoms with Gasteiger partial charge in [-0.3, -0.25) is 9.69 Å². The summed E-state index contributed by atoms with van der Waals surface area (Å²) < 4.78 is 6.64. The van der Waals surface area contributed by atoms with E-state index in [9.17, 15) is 14.7 Å². The van der Waals surface area contributed by atoms with Crippen LogP contribution in [0.1, 0.15) is 38.8 Å². The topological polar surface area (TPSA) is 94.1 Å². The number of aliphatic hydroxyl groups is 1. The van der Waals surface area contributed by atoms with Crippen LogP contribution in [-0.2, 0) is 17.8 Å². The van der Waals surface area contributed by atoms with E-state index >= 15 is 0 Å². The van der Waals surface area contributed by atoms with Gasteiger partial charge in [0, 0.05) is 42.8 Å². The number of hydrogen-bond acceptors (Lipinski definition) is 5. The van der Waals surface area contributed by atoms with Gasteiger partial charge in [-0.15, -0.1) is 0 Å². The molecule has 0 radical (unpaired) electrons. The molecule has 42 heavy (non-hydrogen) atoms. The van der Waals surface area contributed by atoms with Crippen LogP contribution in [0.25, 0.3) is 11.1 Å². The van der Waals surface area contributed by atoms with Crippen molar-refractivity contribution in [2.45, 2.75) is 58.8 Å². The molecule has 3 N–H and O–H groups in total. The molecule has 0 unspecified atom stereocenters. The number of carbonyl (C=O) groups excluding carboxylic acids is 2. The number of fused-ring (bicyclic) bond motifs is 1. The Balaban J connectivity index is 1.53. The summed E-state index contributed by atoms with van der Waals surface area (Å²) in [6.07, 6.45) is -0.0935. The van der Waals surface area contributed by atoms with Crippen LogP contribution in [0.3, 0.4) is 0 Å². The first-order chi connectivity index (χ1) is 20.1. The Bertz CT molecular complexity index is 1330. The number of ether oxygens (including phenoxy) is 1. The maximum absolute atomic E-state index is 13.5. The number of amides is 3. The molecule has 4 rings (SSSR count). The average Bonchev–Trinajstić information content (AvgIpc) is 3.00. The molecule has 1 heterocycles. The lowest BCUT2D eigenvalue weighted by Crippen LogP contribution is -2.47. The number of rotatable bonds is 9. The number of anilines is 1. The van der Waals surface area contributed by atoms with Crippen LogP contribution in [0.2, 0.25) is 0 Å². The van der Waals surface area contributed by atoms with Gasteiger partial charge in [-0.05, 0) is 62.7 Å². The van der Waals surface area contributed by atoms with Crippen molar-refractivity contribution in [3.8, 4) is 16.9 Å². The van der Waals surface area contributed by atoms with E-state index in [0.29, 0.717) is 30.1 Å². The minimum absolute atomic E-state index is 0.00248. The fourth-order valence-corrected chi connectivity index (χ4v) is 5.27. The number of carbonyl (C=O) groups is 2. The molecule has 0 saturated heterocycles. The van der Waals surface area contributed by atoms with Gasteiger partial charge in [0.05, 0.1) is 19.1 Å². The van der Waals surface area contributed by atoms with Gasteiger partial charge >= 0.3 is 6.03 Å². The highest BCUT2D eigenvalue weighted by Gasteiger charge is 2.31. The van der Waals surface area contributed by atoms with Gasteiger partial charge < -0.3 is 25.4 Å². The third-order valence-corrected chi connectivity index (χ3v) is 7.60. The number of aliphatic hydroxyl groups excluding tert-OH is 1. The van der Waals surface area contributed by atoms with E-state index in [2.05, 4.69) is 65.9 Å². The highest BCUT2D eigenvalue weighted by atomic mass is 16.5. The minimum Gasteiger partial charge on any atom is -0.488 e. The van der Waals surface area contributed by atoms with Crippen molar-refractivity contribution < 1.29 is 19.4 Å². The number of hydrogen-bond donors (Lipinski definition) is 3. The Kier molecular flexibility index (Phi) is 10.6. The second-order valence-corrected chi connectivity index (χ2v) is 11.7. The second-order valence-electron chi connectivity index (χ2n) is 11.7. The molecule has 224 valence electrons. The van der Waals surface area contributed by atoms with E-state index in [-0.39, 0.29) is 49.1 Å². The van der Waals surface area contributed by atoms with Gasteiger partial charge in [-0.25, -0.2) is 4.79 Å². The molecule has 1 aliphatic heterocycles. The van der Waals surface area contributed by atoms with Gasteiger partial charge in [0.25, 0.3) is 0 Å². The lowest BCUT2D eigenvalue weighted by atomic mass is 10.0. The SMILES string of the molecule is CC(C)NC(=O)Nc1ccc2c(c1)CC(=O)N([C@@H](C)CO)C[C@@H](C)[C@@H](CN(C)Cc1ccc(-c3ccccc3)cc1)O2. The fourth-order valence-electron chi connectivity index (χ4n) is 5.27. The van der Waals surface area contributed by atoms with Crippen molar-refractivity contribution in [3.05, 3.63) is 83.9 Å². The molecule has 0 aliphatic carbocycles.